The number of hydrogen-bond donors (Lipinski definition) is 1. The summed E-state index contributed by atoms with van der Waals surface area (Å²) in [5.74, 6) is -0.479. The second-order valence-electron chi connectivity index (χ2n) is 2.14. The van der Waals surface area contributed by atoms with E-state index in [1.807, 2.05) is 6.07 Å². The van der Waals surface area contributed by atoms with Gasteiger partial charge in [0.15, 0.2) is 0 Å². The molecule has 0 atom stereocenters. The van der Waals surface area contributed by atoms with Crippen molar-refractivity contribution in [2.75, 3.05) is 6.54 Å². The lowest BCUT2D eigenvalue weighted by molar-refractivity contribution is -0.127. The van der Waals surface area contributed by atoms with Crippen LogP contribution < -0.4 is 5.32 Å². The molecule has 0 bridgehead atoms. The van der Waals surface area contributed by atoms with Crippen LogP contribution in [0.2, 0.25) is 0 Å². The summed E-state index contributed by atoms with van der Waals surface area (Å²) in [6.45, 7) is 1.67. The molecule has 0 fully saturated rings. The molecule has 0 aliphatic heterocycles. The zero-order valence-corrected chi connectivity index (χ0v) is 6.39. The van der Waals surface area contributed by atoms with Crippen molar-refractivity contribution in [3.05, 3.63) is 0 Å². The first-order chi connectivity index (χ1) is 5.16. The number of carbonyl (C=O) groups is 2. The topological polar surface area (TPSA) is 70.0 Å². The number of rotatable bonds is 4. The third kappa shape index (κ3) is 6.52. The van der Waals surface area contributed by atoms with Gasteiger partial charge in [0.25, 0.3) is 0 Å². The Hall–Kier alpha value is -1.37. The largest absolute Gasteiger partial charge is 0.355 e. The van der Waals surface area contributed by atoms with Gasteiger partial charge in [-0.25, -0.2) is 0 Å². The summed E-state index contributed by atoms with van der Waals surface area (Å²) in [5, 5.41) is 10.5. The molecule has 4 heteroatoms. The highest BCUT2D eigenvalue weighted by molar-refractivity contribution is 5.96. The molecule has 0 aromatic rings. The molecule has 11 heavy (non-hydrogen) atoms. The third-order valence-electron chi connectivity index (χ3n) is 0.968. The Morgan fingerprint density at radius 3 is 2.64 bits per heavy atom. The fourth-order valence-electron chi connectivity index (χ4n) is 0.546. The smallest absolute Gasteiger partial charge is 0.227 e. The monoisotopic (exact) mass is 154 g/mol. The van der Waals surface area contributed by atoms with Gasteiger partial charge in [0, 0.05) is 6.54 Å². The lowest BCUT2D eigenvalue weighted by atomic mass is 10.3. The van der Waals surface area contributed by atoms with Crippen molar-refractivity contribution in [3.8, 4) is 6.07 Å². The van der Waals surface area contributed by atoms with E-state index < -0.39 is 0 Å². The Morgan fingerprint density at radius 2 is 2.18 bits per heavy atom. The fraction of sp³-hybridized carbons (Fsp3) is 0.571. The number of nitrogens with zero attached hydrogens (tertiary/aromatic N) is 1. The summed E-state index contributed by atoms with van der Waals surface area (Å²) in [7, 11) is 0. The van der Waals surface area contributed by atoms with Crippen molar-refractivity contribution in [2.45, 2.75) is 19.8 Å². The van der Waals surface area contributed by atoms with E-state index in [1.165, 1.54) is 6.92 Å². The van der Waals surface area contributed by atoms with Crippen molar-refractivity contribution in [3.63, 3.8) is 0 Å². The molecule has 0 aromatic heterocycles. The summed E-state index contributed by atoms with van der Waals surface area (Å²) >= 11 is 0. The van der Waals surface area contributed by atoms with E-state index in [0.717, 1.165) is 0 Å². The molecule has 0 unspecified atom stereocenters. The van der Waals surface area contributed by atoms with Crippen molar-refractivity contribution in [1.82, 2.24) is 5.32 Å². The van der Waals surface area contributed by atoms with Crippen LogP contribution in [0, 0.1) is 11.3 Å². The summed E-state index contributed by atoms with van der Waals surface area (Å²) in [5.41, 5.74) is 0. The fourth-order valence-corrected chi connectivity index (χ4v) is 0.546. The van der Waals surface area contributed by atoms with Crippen LogP contribution in [0.25, 0.3) is 0 Å². The van der Waals surface area contributed by atoms with Crippen LogP contribution in [0.3, 0.4) is 0 Å². The molecule has 0 saturated carbocycles. The van der Waals surface area contributed by atoms with Gasteiger partial charge < -0.3 is 5.32 Å². The first kappa shape index (κ1) is 9.63. The molecule has 0 heterocycles. The zero-order chi connectivity index (χ0) is 8.69. The summed E-state index contributed by atoms with van der Waals surface area (Å²) in [6.07, 6.45) is 0.190. The van der Waals surface area contributed by atoms with Crippen LogP contribution in [0.1, 0.15) is 19.8 Å². The molecule has 0 aliphatic rings. The molecule has 0 rings (SSSR count). The number of nitrogens with one attached hydrogen (secondary N) is 1. The maximum absolute atomic E-state index is 10.7. The Morgan fingerprint density at radius 1 is 1.55 bits per heavy atom. The molecule has 0 aliphatic carbocycles. The normalized spacial score (nSPS) is 8.36. The van der Waals surface area contributed by atoms with Crippen LogP contribution in [-0.2, 0) is 9.59 Å². The van der Waals surface area contributed by atoms with Gasteiger partial charge in [-0.3, -0.25) is 9.59 Å². The number of hydrogen-bond acceptors (Lipinski definition) is 3. The standard InChI is InChI=1S/C7H10N2O2/c1-6(10)5-7(11)9-4-2-3-8/h2,4-5H2,1H3,(H,9,11). The molecule has 0 aromatic carbocycles. The average Bonchev–Trinajstić information content (AvgIpc) is 1.86. The van der Waals surface area contributed by atoms with Gasteiger partial charge in [0.05, 0.1) is 18.9 Å². The predicted octanol–water partition coefficient (Wildman–Crippen LogP) is -0.00462. The minimum Gasteiger partial charge on any atom is -0.355 e. The van der Waals surface area contributed by atoms with Gasteiger partial charge in [0.1, 0.15) is 5.78 Å². The Labute approximate surface area is 65.2 Å². The first-order valence-electron chi connectivity index (χ1n) is 3.30. The van der Waals surface area contributed by atoms with E-state index in [2.05, 4.69) is 5.32 Å². The molecular weight excluding hydrogens is 144 g/mol. The molecule has 0 spiro atoms. The molecule has 0 saturated heterocycles. The summed E-state index contributed by atoms with van der Waals surface area (Å²) in [6, 6.07) is 1.88. The lowest BCUT2D eigenvalue weighted by Crippen LogP contribution is -2.25. The lowest BCUT2D eigenvalue weighted by Gasteiger charge is -1.98. The minimum absolute atomic E-state index is 0.0918. The minimum atomic E-state index is -0.312. The number of ketones is 1. The zero-order valence-electron chi connectivity index (χ0n) is 6.39. The Bertz CT molecular complexity index is 193. The van der Waals surface area contributed by atoms with E-state index in [0.29, 0.717) is 6.54 Å². The molecule has 4 nitrogen and oxygen atoms in total. The number of nitriles is 1. The van der Waals surface area contributed by atoms with Crippen molar-refractivity contribution >= 4 is 11.7 Å². The second kappa shape index (κ2) is 5.42. The van der Waals surface area contributed by atoms with Gasteiger partial charge >= 0.3 is 0 Å². The molecule has 60 valence electrons. The number of Topliss-reactive ketones (excluding diaryl/α,β-unsaturated/α-hetero) is 1. The Kier molecular flexibility index (Phi) is 4.74. The maximum Gasteiger partial charge on any atom is 0.227 e. The van der Waals surface area contributed by atoms with E-state index >= 15 is 0 Å². The summed E-state index contributed by atoms with van der Waals surface area (Å²) < 4.78 is 0. The van der Waals surface area contributed by atoms with Crippen molar-refractivity contribution < 1.29 is 9.59 Å². The summed E-state index contributed by atoms with van der Waals surface area (Å²) in [4.78, 5) is 21.0. The SMILES string of the molecule is CC(=O)CC(=O)NCCC#N. The number of amides is 1. The van der Waals surface area contributed by atoms with Crippen LogP contribution in [0.5, 0.6) is 0 Å². The van der Waals surface area contributed by atoms with Crippen LogP contribution in [0.4, 0.5) is 0 Å². The third-order valence-corrected chi connectivity index (χ3v) is 0.968. The quantitative estimate of drug-likeness (QED) is 0.457. The van der Waals surface area contributed by atoms with Crippen LogP contribution >= 0.6 is 0 Å². The van der Waals surface area contributed by atoms with E-state index in [4.69, 9.17) is 5.26 Å². The number of carbonyl (C=O) groups excluding carboxylic acids is 2. The van der Waals surface area contributed by atoms with E-state index in [1.54, 1.807) is 0 Å². The molecule has 0 radical (unpaired) electrons. The van der Waals surface area contributed by atoms with Crippen LogP contribution in [0.15, 0.2) is 0 Å². The molecular formula is C7H10N2O2. The van der Waals surface area contributed by atoms with Gasteiger partial charge in [-0.15, -0.1) is 0 Å². The first-order valence-corrected chi connectivity index (χ1v) is 3.30. The molecule has 1 N–H and O–H groups in total. The van der Waals surface area contributed by atoms with Gasteiger partial charge in [0.2, 0.25) is 5.91 Å². The second-order valence-corrected chi connectivity index (χ2v) is 2.14. The van der Waals surface area contributed by atoms with Crippen molar-refractivity contribution in [1.29, 1.82) is 5.26 Å². The average molecular weight is 154 g/mol. The van der Waals surface area contributed by atoms with Crippen molar-refractivity contribution in [2.24, 2.45) is 0 Å². The van der Waals surface area contributed by atoms with Gasteiger partial charge in [-0.1, -0.05) is 0 Å². The van der Waals surface area contributed by atoms with Gasteiger partial charge in [-0.2, -0.15) is 5.26 Å². The highest BCUT2D eigenvalue weighted by atomic mass is 16.2. The van der Waals surface area contributed by atoms with Crippen LogP contribution in [-0.4, -0.2) is 18.2 Å². The Balaban J connectivity index is 3.39. The van der Waals surface area contributed by atoms with E-state index in [9.17, 15) is 9.59 Å². The highest BCUT2D eigenvalue weighted by Gasteiger charge is 2.02. The maximum atomic E-state index is 10.7. The predicted molar refractivity (Wildman–Crippen MR) is 38.5 cm³/mol. The highest BCUT2D eigenvalue weighted by Crippen LogP contribution is 1.81. The molecule has 1 amide bonds. The van der Waals surface area contributed by atoms with Gasteiger partial charge in [-0.05, 0) is 6.92 Å². The van der Waals surface area contributed by atoms with E-state index in [-0.39, 0.29) is 24.5 Å².